The van der Waals surface area contributed by atoms with Crippen LogP contribution in [0.4, 0.5) is 16.2 Å². The van der Waals surface area contributed by atoms with Gasteiger partial charge in [0.25, 0.3) is 11.8 Å². The van der Waals surface area contributed by atoms with Gasteiger partial charge in [-0.2, -0.15) is 0 Å². The summed E-state index contributed by atoms with van der Waals surface area (Å²) in [5, 5.41) is 3.29. The van der Waals surface area contributed by atoms with Gasteiger partial charge in [-0.15, -0.1) is 0 Å². The Kier molecular flexibility index (Phi) is 9.41. The molecule has 1 fully saturated rings. The third-order valence-corrected chi connectivity index (χ3v) is 11.0. The molecule has 8 nitrogen and oxygen atoms in total. The van der Waals surface area contributed by atoms with Gasteiger partial charge in [0.05, 0.1) is 22.8 Å². The number of methoxy groups -OCH3 is 1. The number of hydrogen-bond donors (Lipinski definition) is 1. The lowest BCUT2D eigenvalue weighted by atomic mass is 9.76. The molecule has 0 bridgehead atoms. The van der Waals surface area contributed by atoms with E-state index in [-0.39, 0.29) is 24.0 Å². The zero-order valence-electron chi connectivity index (χ0n) is 28.9. The van der Waals surface area contributed by atoms with Gasteiger partial charge in [-0.3, -0.25) is 14.9 Å². The molecule has 3 aliphatic rings. The van der Waals surface area contributed by atoms with Crippen LogP contribution in [0.5, 0.6) is 11.5 Å². The molecule has 5 aromatic carbocycles. The number of amides is 4. The molecule has 0 radical (unpaired) electrons. The minimum atomic E-state index is -0.788. The molecule has 3 heterocycles. The zero-order valence-corrected chi connectivity index (χ0v) is 30.4. The molecular formula is C43H35Cl2N3O5. The van der Waals surface area contributed by atoms with Crippen molar-refractivity contribution < 1.29 is 23.9 Å². The number of benzene rings is 5. The number of carbonyl (C=O) groups is 3. The predicted molar refractivity (Wildman–Crippen MR) is 207 cm³/mol. The van der Waals surface area contributed by atoms with E-state index < -0.39 is 17.8 Å². The van der Waals surface area contributed by atoms with Crippen molar-refractivity contribution in [3.8, 4) is 11.5 Å². The van der Waals surface area contributed by atoms with Crippen molar-refractivity contribution in [2.75, 3.05) is 30.0 Å². The van der Waals surface area contributed by atoms with Crippen molar-refractivity contribution in [3.05, 3.63) is 158 Å². The van der Waals surface area contributed by atoms with Gasteiger partial charge in [-0.25, -0.2) is 9.69 Å². The first kappa shape index (κ1) is 34.5. The second-order valence-electron chi connectivity index (χ2n) is 13.4. The Morgan fingerprint density at radius 3 is 2.00 bits per heavy atom. The van der Waals surface area contributed by atoms with Crippen LogP contribution in [-0.2, 0) is 16.2 Å². The van der Waals surface area contributed by atoms with Crippen molar-refractivity contribution in [2.45, 2.75) is 31.3 Å². The van der Waals surface area contributed by atoms with Crippen molar-refractivity contribution in [3.63, 3.8) is 0 Å². The third-order valence-electron chi connectivity index (χ3n) is 10.2. The molecule has 266 valence electrons. The Morgan fingerprint density at radius 1 is 0.755 bits per heavy atom. The Bertz CT molecular complexity index is 2200. The van der Waals surface area contributed by atoms with Crippen LogP contribution < -0.4 is 24.6 Å². The molecule has 5 aromatic rings. The molecule has 0 aromatic heterocycles. The zero-order chi connectivity index (χ0) is 36.6. The van der Waals surface area contributed by atoms with Crippen LogP contribution in [0.3, 0.4) is 0 Å². The van der Waals surface area contributed by atoms with Crippen LogP contribution >= 0.6 is 23.2 Å². The van der Waals surface area contributed by atoms with Gasteiger partial charge in [-0.05, 0) is 88.7 Å². The molecule has 4 amide bonds. The van der Waals surface area contributed by atoms with E-state index in [9.17, 15) is 14.4 Å². The molecule has 8 rings (SSSR count). The monoisotopic (exact) mass is 743 g/mol. The molecule has 1 N–H and O–H groups in total. The third kappa shape index (κ3) is 6.65. The van der Waals surface area contributed by atoms with E-state index in [1.165, 1.54) is 30.0 Å². The summed E-state index contributed by atoms with van der Waals surface area (Å²) in [4.78, 5) is 44.7. The van der Waals surface area contributed by atoms with Crippen LogP contribution in [-0.4, -0.2) is 38.0 Å². The van der Waals surface area contributed by atoms with Gasteiger partial charge in [-0.1, -0.05) is 96.0 Å². The molecule has 0 saturated carbocycles. The van der Waals surface area contributed by atoms with E-state index in [0.717, 1.165) is 47.5 Å². The fraction of sp³-hybridized carbons (Fsp3) is 0.186. The normalized spacial score (nSPS) is 18.8. The minimum Gasteiger partial charge on any atom is -0.493 e. The molecule has 0 unspecified atom stereocenters. The quantitative estimate of drug-likeness (QED) is 0.126. The first-order valence-electron chi connectivity index (χ1n) is 17.5. The molecular weight excluding hydrogens is 709 g/mol. The van der Waals surface area contributed by atoms with Crippen LogP contribution in [0.25, 0.3) is 6.08 Å². The number of imide groups is 2. The summed E-state index contributed by atoms with van der Waals surface area (Å²) in [7, 11) is 1.51. The Labute approximate surface area is 317 Å². The predicted octanol–water partition coefficient (Wildman–Crippen LogP) is 9.12. The first-order chi connectivity index (χ1) is 25.8. The summed E-state index contributed by atoms with van der Waals surface area (Å²) >= 11 is 12.2. The van der Waals surface area contributed by atoms with E-state index in [1.807, 2.05) is 54.6 Å². The summed E-state index contributed by atoms with van der Waals surface area (Å²) in [5.74, 6) is -0.491. The first-order valence-corrected chi connectivity index (χ1v) is 18.2. The van der Waals surface area contributed by atoms with Crippen molar-refractivity contribution >= 4 is 58.5 Å². The van der Waals surface area contributed by atoms with E-state index in [2.05, 4.69) is 34.5 Å². The number of halogens is 2. The summed E-state index contributed by atoms with van der Waals surface area (Å²) in [5.41, 5.74) is 7.24. The van der Waals surface area contributed by atoms with Gasteiger partial charge < -0.3 is 14.4 Å². The van der Waals surface area contributed by atoms with Gasteiger partial charge in [0.15, 0.2) is 11.5 Å². The topological polar surface area (TPSA) is 88.2 Å². The highest BCUT2D eigenvalue weighted by Crippen LogP contribution is 2.50. The largest absolute Gasteiger partial charge is 0.493 e. The Morgan fingerprint density at radius 2 is 1.40 bits per heavy atom. The van der Waals surface area contributed by atoms with Crippen LogP contribution in [0.2, 0.25) is 10.0 Å². The lowest BCUT2D eigenvalue weighted by molar-refractivity contribution is -0.122. The lowest BCUT2D eigenvalue weighted by Crippen LogP contribution is -2.54. The molecule has 53 heavy (non-hydrogen) atoms. The fourth-order valence-electron chi connectivity index (χ4n) is 7.71. The van der Waals surface area contributed by atoms with Gasteiger partial charge >= 0.3 is 6.03 Å². The van der Waals surface area contributed by atoms with Crippen molar-refractivity contribution in [1.82, 2.24) is 5.32 Å². The number of nitrogens with zero attached hydrogens (tertiary/aromatic N) is 2. The maximum atomic E-state index is 14.3. The summed E-state index contributed by atoms with van der Waals surface area (Å²) in [6.45, 7) is 2.03. The number of ether oxygens (including phenoxy) is 2. The molecule has 2 atom stereocenters. The van der Waals surface area contributed by atoms with E-state index in [1.54, 1.807) is 30.3 Å². The number of urea groups is 1. The molecule has 0 spiro atoms. The Balaban J connectivity index is 1.16. The molecule has 3 aliphatic heterocycles. The van der Waals surface area contributed by atoms with E-state index in [4.69, 9.17) is 32.7 Å². The number of nitrogens with one attached hydrogen (secondary N) is 1. The lowest BCUT2D eigenvalue weighted by Gasteiger charge is -2.44. The highest BCUT2D eigenvalue weighted by atomic mass is 35.5. The fourth-order valence-corrected chi connectivity index (χ4v) is 8.03. The SMILES string of the molecule is COc1cc(/C=C2\C(=O)NC(=O)N(c3cc4c5c(c3)[C@H](c3ccccc3)CCN5CC[C@@H]4c3ccccc3)C2=O)ccc1OCc1ccc(Cl)c(Cl)c1. The second-order valence-corrected chi connectivity index (χ2v) is 14.2. The van der Waals surface area contributed by atoms with Crippen LogP contribution in [0.1, 0.15) is 58.1 Å². The van der Waals surface area contributed by atoms with Gasteiger partial charge in [0, 0.05) is 30.6 Å². The average Bonchev–Trinajstić information content (AvgIpc) is 3.18. The number of carbonyl (C=O) groups excluding carboxylic acids is 3. The average molecular weight is 745 g/mol. The summed E-state index contributed by atoms with van der Waals surface area (Å²) < 4.78 is 11.6. The Hall–Kier alpha value is -5.57. The maximum absolute atomic E-state index is 14.3. The molecule has 0 aliphatic carbocycles. The van der Waals surface area contributed by atoms with E-state index >= 15 is 0 Å². The smallest absolute Gasteiger partial charge is 0.335 e. The maximum Gasteiger partial charge on any atom is 0.335 e. The second kappa shape index (κ2) is 14.5. The van der Waals surface area contributed by atoms with Crippen LogP contribution in [0, 0.1) is 0 Å². The van der Waals surface area contributed by atoms with Crippen molar-refractivity contribution in [2.24, 2.45) is 0 Å². The number of hydrogen-bond acceptors (Lipinski definition) is 6. The minimum absolute atomic E-state index is 0.0696. The van der Waals surface area contributed by atoms with Gasteiger partial charge in [0.2, 0.25) is 0 Å². The van der Waals surface area contributed by atoms with Gasteiger partial charge in [0.1, 0.15) is 12.2 Å². The van der Waals surface area contributed by atoms with E-state index in [0.29, 0.717) is 32.8 Å². The molecule has 10 heteroatoms. The number of barbiturate groups is 1. The summed E-state index contributed by atoms with van der Waals surface area (Å²) in [6, 6.07) is 34.2. The highest BCUT2D eigenvalue weighted by Gasteiger charge is 2.40. The number of rotatable bonds is 8. The highest BCUT2D eigenvalue weighted by molar-refractivity contribution is 6.42. The number of anilines is 2. The standard InChI is InChI=1S/C43H35Cl2N3O5/c1-52-39-22-26(13-15-38(39)53-25-27-12-14-36(44)37(45)21-27)20-35-41(49)46-43(51)48(42(35)50)30-23-33-31(28-8-4-2-5-9-28)16-18-47-19-17-32(34(24-30)40(33)47)29-10-6-3-7-11-29/h2-15,20-24,31-32H,16-19,25H2,1H3,(H,46,49,51)/b35-20+/t31-,32+. The summed E-state index contributed by atoms with van der Waals surface area (Å²) in [6.07, 6.45) is 3.26. The molecule has 1 saturated heterocycles. The van der Waals surface area contributed by atoms with Crippen LogP contribution in [0.15, 0.2) is 115 Å². The van der Waals surface area contributed by atoms with Crippen molar-refractivity contribution in [1.29, 1.82) is 0 Å².